The van der Waals surface area contributed by atoms with E-state index in [0.29, 0.717) is 40.5 Å². The van der Waals surface area contributed by atoms with E-state index in [4.69, 9.17) is 22.1 Å². The molecule has 1 aromatic carbocycles. The minimum Gasteiger partial charge on any atom is -0.475 e. The quantitative estimate of drug-likeness (QED) is 0.524. The molecular weight excluding hydrogens is 423 g/mol. The standard InChI is InChI=1S/C22H22ClFN4O3/c1-2-14(21(25)30)9-13-3-5-17(23)16(10-13)22-27-18(11-19(29)28-22)15-4-6-20(26-12-15)31-8-7-24/h3-6,10-12,14H,2,7-9H2,1H3,(H2,25,30)(H,27,28,29). The molecule has 1 amide bonds. The van der Waals surface area contributed by atoms with E-state index in [9.17, 15) is 14.0 Å². The van der Waals surface area contributed by atoms with Gasteiger partial charge in [-0.25, -0.2) is 14.4 Å². The second-order valence-corrected chi connectivity index (χ2v) is 7.33. The van der Waals surface area contributed by atoms with Gasteiger partial charge in [0.05, 0.1) is 10.7 Å². The maximum absolute atomic E-state index is 12.3. The lowest BCUT2D eigenvalue weighted by Gasteiger charge is -2.13. The van der Waals surface area contributed by atoms with E-state index in [2.05, 4.69) is 15.0 Å². The summed E-state index contributed by atoms with van der Waals surface area (Å²) in [7, 11) is 0. The number of ether oxygens (including phenoxy) is 1. The number of hydrogen-bond donors (Lipinski definition) is 2. The zero-order chi connectivity index (χ0) is 22.4. The zero-order valence-corrected chi connectivity index (χ0v) is 17.7. The molecule has 0 radical (unpaired) electrons. The van der Waals surface area contributed by atoms with Crippen LogP contribution >= 0.6 is 11.6 Å². The van der Waals surface area contributed by atoms with Crippen LogP contribution in [0.15, 0.2) is 47.4 Å². The van der Waals surface area contributed by atoms with Gasteiger partial charge in [0.15, 0.2) is 0 Å². The molecule has 2 aromatic heterocycles. The topological polar surface area (TPSA) is 111 Å². The largest absolute Gasteiger partial charge is 0.475 e. The Morgan fingerprint density at radius 3 is 2.74 bits per heavy atom. The highest BCUT2D eigenvalue weighted by molar-refractivity contribution is 6.33. The number of nitrogens with two attached hydrogens (primary N) is 1. The van der Waals surface area contributed by atoms with Crippen LogP contribution < -0.4 is 16.0 Å². The molecule has 2 heterocycles. The smallest absolute Gasteiger partial charge is 0.251 e. The lowest BCUT2D eigenvalue weighted by molar-refractivity contribution is -0.121. The summed E-state index contributed by atoms with van der Waals surface area (Å²) >= 11 is 6.37. The Bertz CT molecular complexity index is 1120. The number of amides is 1. The molecule has 9 heteroatoms. The van der Waals surface area contributed by atoms with E-state index < -0.39 is 6.67 Å². The number of aromatic amines is 1. The molecule has 0 fully saturated rings. The van der Waals surface area contributed by atoms with Gasteiger partial charge in [0.2, 0.25) is 11.8 Å². The lowest BCUT2D eigenvalue weighted by Crippen LogP contribution is -2.24. The summed E-state index contributed by atoms with van der Waals surface area (Å²) in [5, 5.41) is 0.407. The van der Waals surface area contributed by atoms with Gasteiger partial charge < -0.3 is 15.5 Å². The van der Waals surface area contributed by atoms with Gasteiger partial charge in [0.1, 0.15) is 19.1 Å². The number of pyridine rings is 1. The van der Waals surface area contributed by atoms with E-state index in [-0.39, 0.29) is 29.9 Å². The van der Waals surface area contributed by atoms with E-state index in [1.807, 2.05) is 13.0 Å². The molecule has 0 saturated heterocycles. The van der Waals surface area contributed by atoms with Crippen LogP contribution in [0.5, 0.6) is 5.88 Å². The predicted octanol–water partition coefficient (Wildman–Crippen LogP) is 3.55. The average Bonchev–Trinajstić information content (AvgIpc) is 2.76. The maximum atomic E-state index is 12.3. The van der Waals surface area contributed by atoms with Crippen LogP contribution in [0, 0.1) is 5.92 Å². The van der Waals surface area contributed by atoms with Crippen LogP contribution in [0.1, 0.15) is 18.9 Å². The number of carbonyl (C=O) groups excluding carboxylic acids is 1. The van der Waals surface area contributed by atoms with Crippen LogP contribution in [-0.2, 0) is 11.2 Å². The number of nitrogens with zero attached hydrogens (tertiary/aromatic N) is 2. The zero-order valence-electron chi connectivity index (χ0n) is 16.9. The number of hydrogen-bond acceptors (Lipinski definition) is 5. The Kier molecular flexibility index (Phi) is 7.36. The van der Waals surface area contributed by atoms with Crippen molar-refractivity contribution in [1.29, 1.82) is 0 Å². The summed E-state index contributed by atoms with van der Waals surface area (Å²) < 4.78 is 17.4. The highest BCUT2D eigenvalue weighted by Crippen LogP contribution is 2.28. The highest BCUT2D eigenvalue weighted by Gasteiger charge is 2.16. The van der Waals surface area contributed by atoms with Gasteiger partial charge in [-0.3, -0.25) is 9.59 Å². The number of alkyl halides is 1. The monoisotopic (exact) mass is 444 g/mol. The van der Waals surface area contributed by atoms with Gasteiger partial charge in [-0.05, 0) is 36.6 Å². The summed E-state index contributed by atoms with van der Waals surface area (Å²) in [6, 6.07) is 9.92. The van der Waals surface area contributed by atoms with Crippen molar-refractivity contribution in [2.75, 3.05) is 13.3 Å². The Hall–Kier alpha value is -3.26. The Balaban J connectivity index is 1.95. The molecule has 3 N–H and O–H groups in total. The number of aromatic nitrogens is 3. The van der Waals surface area contributed by atoms with Crippen molar-refractivity contribution >= 4 is 17.5 Å². The molecular formula is C22H22ClFN4O3. The molecule has 31 heavy (non-hydrogen) atoms. The third-order valence-corrected chi connectivity index (χ3v) is 5.09. The first-order chi connectivity index (χ1) is 14.9. The number of benzene rings is 1. The van der Waals surface area contributed by atoms with E-state index >= 15 is 0 Å². The van der Waals surface area contributed by atoms with Crippen molar-refractivity contribution in [2.24, 2.45) is 11.7 Å². The average molecular weight is 445 g/mol. The molecule has 0 aliphatic heterocycles. The lowest BCUT2D eigenvalue weighted by atomic mass is 9.95. The van der Waals surface area contributed by atoms with Gasteiger partial charge in [-0.15, -0.1) is 0 Å². The van der Waals surface area contributed by atoms with Crippen LogP contribution in [0.25, 0.3) is 22.6 Å². The fraction of sp³-hybridized carbons (Fsp3) is 0.273. The van der Waals surface area contributed by atoms with Crippen molar-refractivity contribution in [2.45, 2.75) is 19.8 Å². The predicted molar refractivity (Wildman–Crippen MR) is 117 cm³/mol. The first kappa shape index (κ1) is 22.4. The summed E-state index contributed by atoms with van der Waals surface area (Å²) in [4.78, 5) is 35.2. The SMILES string of the molecule is CCC(Cc1ccc(Cl)c(-c2nc(-c3ccc(OCCF)nc3)cc(=O)[nH]2)c1)C(N)=O. The molecule has 0 aliphatic carbocycles. The fourth-order valence-electron chi connectivity index (χ4n) is 3.10. The second-order valence-electron chi connectivity index (χ2n) is 6.93. The molecule has 0 bridgehead atoms. The fourth-order valence-corrected chi connectivity index (χ4v) is 3.31. The Morgan fingerprint density at radius 1 is 1.29 bits per heavy atom. The third kappa shape index (κ3) is 5.67. The van der Waals surface area contributed by atoms with Crippen LogP contribution in [0.4, 0.5) is 4.39 Å². The number of halogens is 2. The molecule has 0 spiro atoms. The summed E-state index contributed by atoms with van der Waals surface area (Å²) in [6.07, 6.45) is 2.58. The van der Waals surface area contributed by atoms with Crippen LogP contribution in [-0.4, -0.2) is 34.1 Å². The minimum absolute atomic E-state index is 0.0801. The van der Waals surface area contributed by atoms with E-state index in [1.54, 1.807) is 24.3 Å². The van der Waals surface area contributed by atoms with Crippen molar-refractivity contribution in [1.82, 2.24) is 15.0 Å². The summed E-state index contributed by atoms with van der Waals surface area (Å²) in [5.41, 5.74) is 7.48. The Labute approximate surface area is 183 Å². The molecule has 3 rings (SSSR count). The first-order valence-corrected chi connectivity index (χ1v) is 10.1. The molecule has 3 aromatic rings. The minimum atomic E-state index is -0.610. The van der Waals surface area contributed by atoms with Gasteiger partial charge in [-0.1, -0.05) is 24.6 Å². The summed E-state index contributed by atoms with van der Waals surface area (Å²) in [6.45, 7) is 1.21. The normalized spacial score (nSPS) is 11.8. The van der Waals surface area contributed by atoms with Gasteiger partial charge in [0, 0.05) is 35.4 Å². The van der Waals surface area contributed by atoms with Crippen molar-refractivity contribution < 1.29 is 13.9 Å². The molecule has 1 unspecified atom stereocenters. The van der Waals surface area contributed by atoms with Crippen molar-refractivity contribution in [3.05, 3.63) is 63.5 Å². The molecule has 0 saturated carbocycles. The van der Waals surface area contributed by atoms with E-state index in [0.717, 1.165) is 5.56 Å². The number of nitrogens with one attached hydrogen (secondary N) is 1. The number of H-pyrrole nitrogens is 1. The van der Waals surface area contributed by atoms with Crippen LogP contribution in [0.3, 0.4) is 0 Å². The number of rotatable bonds is 9. The number of primary amides is 1. The van der Waals surface area contributed by atoms with Crippen molar-refractivity contribution in [3.8, 4) is 28.5 Å². The van der Waals surface area contributed by atoms with Gasteiger partial charge in [0.25, 0.3) is 5.56 Å². The second kappa shape index (κ2) is 10.2. The van der Waals surface area contributed by atoms with Crippen molar-refractivity contribution in [3.63, 3.8) is 0 Å². The van der Waals surface area contributed by atoms with E-state index in [1.165, 1.54) is 12.3 Å². The highest BCUT2D eigenvalue weighted by atomic mass is 35.5. The third-order valence-electron chi connectivity index (χ3n) is 4.76. The molecule has 0 aliphatic rings. The molecule has 7 nitrogen and oxygen atoms in total. The first-order valence-electron chi connectivity index (χ1n) is 9.76. The molecule has 162 valence electrons. The summed E-state index contributed by atoms with van der Waals surface area (Å²) in [5.74, 6) is -0.0862. The van der Waals surface area contributed by atoms with Crippen LogP contribution in [0.2, 0.25) is 5.02 Å². The maximum Gasteiger partial charge on any atom is 0.251 e. The molecule has 1 atom stereocenters. The van der Waals surface area contributed by atoms with Gasteiger partial charge in [-0.2, -0.15) is 0 Å². The Morgan fingerprint density at radius 2 is 2.10 bits per heavy atom. The van der Waals surface area contributed by atoms with Gasteiger partial charge >= 0.3 is 0 Å². The number of carbonyl (C=O) groups is 1.